The first-order valence-corrected chi connectivity index (χ1v) is 8.18. The molecule has 0 aliphatic rings. The Hall–Kier alpha value is -1.93. The van der Waals surface area contributed by atoms with Crippen molar-refractivity contribution in [3.63, 3.8) is 0 Å². The van der Waals surface area contributed by atoms with E-state index in [0.29, 0.717) is 5.56 Å². The molecule has 7 nitrogen and oxygen atoms in total. The molecule has 0 spiro atoms. The summed E-state index contributed by atoms with van der Waals surface area (Å²) in [6.45, 7) is 5.21. The molecule has 0 heterocycles. The number of aliphatic carboxylic acids is 1. The molecule has 1 amide bonds. The van der Waals surface area contributed by atoms with Gasteiger partial charge in [0.15, 0.2) is 0 Å². The number of carboxylic acids is 1. The summed E-state index contributed by atoms with van der Waals surface area (Å²) < 4.78 is 26.7. The molecule has 1 aromatic carbocycles. The Labute approximate surface area is 129 Å². The third kappa shape index (κ3) is 4.54. The number of primary amides is 1. The van der Waals surface area contributed by atoms with Crippen LogP contribution in [0.3, 0.4) is 0 Å². The Balaban J connectivity index is 3.16. The molecule has 4 N–H and O–H groups in total. The molecule has 0 aliphatic heterocycles. The molecule has 1 rings (SSSR count). The Kier molecular flexibility index (Phi) is 5.67. The second kappa shape index (κ2) is 6.89. The van der Waals surface area contributed by atoms with Gasteiger partial charge in [-0.25, -0.2) is 8.42 Å². The van der Waals surface area contributed by atoms with Gasteiger partial charge in [-0.15, -0.1) is 0 Å². The predicted molar refractivity (Wildman–Crippen MR) is 80.9 cm³/mol. The average molecular weight is 328 g/mol. The number of amides is 1. The molecule has 22 heavy (non-hydrogen) atoms. The summed E-state index contributed by atoms with van der Waals surface area (Å²) in [5.41, 5.74) is 5.82. The number of carboxylic acid groups (broad SMARTS) is 1. The van der Waals surface area contributed by atoms with Crippen LogP contribution in [0.5, 0.6) is 0 Å². The van der Waals surface area contributed by atoms with Gasteiger partial charge in [0.2, 0.25) is 15.9 Å². The molecule has 0 radical (unpaired) electrons. The summed E-state index contributed by atoms with van der Waals surface area (Å²) in [5.74, 6) is -1.99. The number of sulfonamides is 1. The van der Waals surface area contributed by atoms with E-state index in [2.05, 4.69) is 4.72 Å². The Morgan fingerprint density at radius 2 is 1.91 bits per heavy atom. The number of carbonyl (C=O) groups excluding carboxylic acids is 1. The maximum absolute atomic E-state index is 12.3. The number of aryl methyl sites for hydroxylation is 1. The van der Waals surface area contributed by atoms with Gasteiger partial charge in [0.05, 0.1) is 4.90 Å². The molecule has 122 valence electrons. The highest BCUT2D eigenvalue weighted by molar-refractivity contribution is 7.89. The third-order valence-corrected chi connectivity index (χ3v) is 4.56. The molecule has 0 fully saturated rings. The fourth-order valence-corrected chi connectivity index (χ4v) is 3.19. The van der Waals surface area contributed by atoms with E-state index in [1.54, 1.807) is 20.8 Å². The number of hydrogen-bond donors (Lipinski definition) is 3. The van der Waals surface area contributed by atoms with Crippen LogP contribution >= 0.6 is 0 Å². The van der Waals surface area contributed by atoms with Gasteiger partial charge in [0.25, 0.3) is 0 Å². The minimum Gasteiger partial charge on any atom is -0.480 e. The summed E-state index contributed by atoms with van der Waals surface area (Å²) in [6, 6.07) is 2.67. The number of hydrogen-bond acceptors (Lipinski definition) is 4. The van der Waals surface area contributed by atoms with Crippen LogP contribution in [0.15, 0.2) is 23.1 Å². The summed E-state index contributed by atoms with van der Waals surface area (Å²) in [6.07, 6.45) is 0.156. The molecule has 0 saturated heterocycles. The van der Waals surface area contributed by atoms with Crippen LogP contribution in [-0.4, -0.2) is 31.4 Å². The zero-order valence-electron chi connectivity index (χ0n) is 12.7. The molecule has 1 atom stereocenters. The highest BCUT2D eigenvalue weighted by Gasteiger charge is 2.26. The minimum absolute atomic E-state index is 0.00278. The van der Waals surface area contributed by atoms with E-state index in [1.165, 1.54) is 12.1 Å². The molecule has 1 aromatic rings. The van der Waals surface area contributed by atoms with E-state index in [4.69, 9.17) is 10.8 Å². The molecule has 0 bridgehead atoms. The van der Waals surface area contributed by atoms with Crippen molar-refractivity contribution in [2.24, 2.45) is 11.7 Å². The fourth-order valence-electron chi connectivity index (χ4n) is 1.96. The van der Waals surface area contributed by atoms with Gasteiger partial charge in [-0.3, -0.25) is 9.59 Å². The zero-order chi connectivity index (χ0) is 17.1. The second-order valence-corrected chi connectivity index (χ2v) is 7.20. The molecular weight excluding hydrogens is 308 g/mol. The number of benzene rings is 1. The van der Waals surface area contributed by atoms with Crippen LogP contribution in [0.25, 0.3) is 0 Å². The molecule has 0 unspecified atom stereocenters. The van der Waals surface area contributed by atoms with Crippen molar-refractivity contribution in [3.8, 4) is 0 Å². The lowest BCUT2D eigenvalue weighted by Gasteiger charge is -2.17. The standard InChI is InChI=1S/C14H20N2O5S/c1-8(2)6-12(14(18)19)16-22(20,21)10-5-4-9(3)11(7-10)13(15)17/h4-5,7-8,12,16H,6H2,1-3H3,(H2,15,17)(H,18,19)/t12-/m1/s1. The largest absolute Gasteiger partial charge is 0.480 e. The van der Waals surface area contributed by atoms with Crippen LogP contribution in [-0.2, 0) is 14.8 Å². The van der Waals surface area contributed by atoms with E-state index >= 15 is 0 Å². The predicted octanol–water partition coefficient (Wildman–Crippen LogP) is 0.872. The Bertz CT molecular complexity index is 682. The first-order chi connectivity index (χ1) is 10.0. The van der Waals surface area contributed by atoms with E-state index in [0.717, 1.165) is 6.07 Å². The first kappa shape index (κ1) is 18.1. The quantitative estimate of drug-likeness (QED) is 0.684. The molecule has 0 aliphatic carbocycles. The van der Waals surface area contributed by atoms with Crippen LogP contribution in [0, 0.1) is 12.8 Å². The van der Waals surface area contributed by atoms with Gasteiger partial charge in [0.1, 0.15) is 6.04 Å². The lowest BCUT2D eigenvalue weighted by molar-refractivity contribution is -0.139. The van der Waals surface area contributed by atoms with Crippen LogP contribution in [0.1, 0.15) is 36.2 Å². The average Bonchev–Trinajstić information content (AvgIpc) is 2.36. The van der Waals surface area contributed by atoms with Crippen molar-refractivity contribution < 1.29 is 23.1 Å². The first-order valence-electron chi connectivity index (χ1n) is 6.70. The zero-order valence-corrected chi connectivity index (χ0v) is 13.5. The number of rotatable bonds is 7. The molecule has 0 aromatic heterocycles. The maximum Gasteiger partial charge on any atom is 0.321 e. The van der Waals surface area contributed by atoms with Crippen molar-refractivity contribution in [2.75, 3.05) is 0 Å². The summed E-state index contributed by atoms with van der Waals surface area (Å²) in [5, 5.41) is 9.12. The topological polar surface area (TPSA) is 127 Å². The van der Waals surface area contributed by atoms with Crippen LogP contribution in [0.4, 0.5) is 0 Å². The van der Waals surface area contributed by atoms with Gasteiger partial charge in [-0.05, 0) is 37.0 Å². The Morgan fingerprint density at radius 3 is 2.36 bits per heavy atom. The van der Waals surface area contributed by atoms with Crippen molar-refractivity contribution in [3.05, 3.63) is 29.3 Å². The second-order valence-electron chi connectivity index (χ2n) is 5.48. The molecule has 8 heteroatoms. The van der Waals surface area contributed by atoms with Crippen molar-refractivity contribution >= 4 is 21.9 Å². The molecular formula is C14H20N2O5S. The van der Waals surface area contributed by atoms with Crippen molar-refractivity contribution in [2.45, 2.75) is 38.1 Å². The lowest BCUT2D eigenvalue weighted by atomic mass is 10.1. The highest BCUT2D eigenvalue weighted by atomic mass is 32.2. The van der Waals surface area contributed by atoms with Gasteiger partial charge in [-0.2, -0.15) is 4.72 Å². The van der Waals surface area contributed by atoms with Gasteiger partial charge in [-0.1, -0.05) is 19.9 Å². The lowest BCUT2D eigenvalue weighted by Crippen LogP contribution is -2.41. The van der Waals surface area contributed by atoms with Gasteiger partial charge < -0.3 is 10.8 Å². The third-order valence-electron chi connectivity index (χ3n) is 3.09. The van der Waals surface area contributed by atoms with E-state index in [-0.39, 0.29) is 22.8 Å². The SMILES string of the molecule is Cc1ccc(S(=O)(=O)N[C@H](CC(C)C)C(=O)O)cc1C(N)=O. The maximum atomic E-state index is 12.3. The van der Waals surface area contributed by atoms with Crippen LogP contribution in [0.2, 0.25) is 0 Å². The van der Waals surface area contributed by atoms with Gasteiger partial charge >= 0.3 is 5.97 Å². The summed E-state index contributed by atoms with van der Waals surface area (Å²) in [7, 11) is -4.06. The fraction of sp³-hybridized carbons (Fsp3) is 0.429. The number of nitrogens with two attached hydrogens (primary N) is 1. The normalized spacial score (nSPS) is 13.1. The van der Waals surface area contributed by atoms with E-state index in [1.807, 2.05) is 0 Å². The van der Waals surface area contributed by atoms with E-state index < -0.39 is 27.9 Å². The highest BCUT2D eigenvalue weighted by Crippen LogP contribution is 2.17. The van der Waals surface area contributed by atoms with Gasteiger partial charge in [0, 0.05) is 5.56 Å². The number of nitrogens with one attached hydrogen (secondary N) is 1. The summed E-state index contributed by atoms with van der Waals surface area (Å²) in [4.78, 5) is 22.3. The monoisotopic (exact) mass is 328 g/mol. The minimum atomic E-state index is -4.06. The summed E-state index contributed by atoms with van der Waals surface area (Å²) >= 11 is 0. The molecule has 0 saturated carbocycles. The van der Waals surface area contributed by atoms with E-state index in [9.17, 15) is 18.0 Å². The Morgan fingerprint density at radius 1 is 1.32 bits per heavy atom. The smallest absolute Gasteiger partial charge is 0.321 e. The number of carbonyl (C=O) groups is 2. The van der Waals surface area contributed by atoms with Crippen LogP contribution < -0.4 is 10.5 Å². The van der Waals surface area contributed by atoms with Crippen molar-refractivity contribution in [1.82, 2.24) is 4.72 Å². The van der Waals surface area contributed by atoms with Crippen molar-refractivity contribution in [1.29, 1.82) is 0 Å².